The standard InChI is InChI=1S/C16H11Cl2FN2O/c17-13-4-2-11(7-14(13)18)21-16(22)5-9-8-20-15-6-10(19)1-3-12(9)15/h1-4,6-8,20H,5H2,(H,21,22). The van der Waals surface area contributed by atoms with Crippen LogP contribution in [-0.4, -0.2) is 10.9 Å². The van der Waals surface area contributed by atoms with Crippen LogP contribution in [0.15, 0.2) is 42.6 Å². The van der Waals surface area contributed by atoms with Crippen LogP contribution < -0.4 is 5.32 Å². The Morgan fingerprint density at radius 2 is 1.95 bits per heavy atom. The zero-order valence-corrected chi connectivity index (χ0v) is 12.8. The van der Waals surface area contributed by atoms with E-state index in [0.717, 1.165) is 10.9 Å². The van der Waals surface area contributed by atoms with E-state index in [1.54, 1.807) is 30.5 Å². The van der Waals surface area contributed by atoms with Gasteiger partial charge in [0.2, 0.25) is 5.91 Å². The second-order valence-corrected chi connectivity index (χ2v) is 5.67. The molecule has 0 aliphatic rings. The van der Waals surface area contributed by atoms with Crippen LogP contribution in [0.1, 0.15) is 5.56 Å². The Bertz CT molecular complexity index is 860. The number of H-pyrrole nitrogens is 1. The van der Waals surface area contributed by atoms with Gasteiger partial charge in [-0.25, -0.2) is 4.39 Å². The van der Waals surface area contributed by atoms with E-state index in [9.17, 15) is 9.18 Å². The highest BCUT2D eigenvalue weighted by Gasteiger charge is 2.10. The van der Waals surface area contributed by atoms with Gasteiger partial charge in [-0.15, -0.1) is 0 Å². The molecule has 0 bridgehead atoms. The van der Waals surface area contributed by atoms with Gasteiger partial charge in [-0.3, -0.25) is 4.79 Å². The molecule has 2 aromatic carbocycles. The third kappa shape index (κ3) is 3.08. The molecular formula is C16H11Cl2FN2O. The van der Waals surface area contributed by atoms with Gasteiger partial charge in [-0.2, -0.15) is 0 Å². The molecule has 3 aromatic rings. The zero-order chi connectivity index (χ0) is 15.7. The number of aromatic amines is 1. The number of carbonyl (C=O) groups is 1. The van der Waals surface area contributed by atoms with Crippen LogP contribution in [0, 0.1) is 5.82 Å². The van der Waals surface area contributed by atoms with Gasteiger partial charge in [0.25, 0.3) is 0 Å². The summed E-state index contributed by atoms with van der Waals surface area (Å²) in [6.45, 7) is 0. The quantitative estimate of drug-likeness (QED) is 0.709. The third-order valence-electron chi connectivity index (χ3n) is 3.28. The fourth-order valence-electron chi connectivity index (χ4n) is 2.26. The summed E-state index contributed by atoms with van der Waals surface area (Å²) in [5, 5.41) is 4.38. The van der Waals surface area contributed by atoms with E-state index < -0.39 is 0 Å². The van der Waals surface area contributed by atoms with Crippen molar-refractivity contribution in [2.75, 3.05) is 5.32 Å². The van der Waals surface area contributed by atoms with Crippen molar-refractivity contribution in [3.05, 3.63) is 64.0 Å². The maximum absolute atomic E-state index is 13.1. The molecule has 3 nitrogen and oxygen atoms in total. The lowest BCUT2D eigenvalue weighted by molar-refractivity contribution is -0.115. The maximum Gasteiger partial charge on any atom is 0.228 e. The van der Waals surface area contributed by atoms with E-state index in [1.807, 2.05) is 0 Å². The van der Waals surface area contributed by atoms with Gasteiger partial charge in [-0.1, -0.05) is 23.2 Å². The molecule has 1 heterocycles. The fourth-order valence-corrected chi connectivity index (χ4v) is 2.55. The number of anilines is 1. The summed E-state index contributed by atoms with van der Waals surface area (Å²) < 4.78 is 13.1. The Balaban J connectivity index is 1.76. The van der Waals surface area contributed by atoms with Gasteiger partial charge in [0.15, 0.2) is 0 Å². The van der Waals surface area contributed by atoms with E-state index in [1.165, 1.54) is 12.1 Å². The lowest BCUT2D eigenvalue weighted by Gasteiger charge is -2.06. The molecule has 112 valence electrons. The topological polar surface area (TPSA) is 44.9 Å². The largest absolute Gasteiger partial charge is 0.361 e. The SMILES string of the molecule is O=C(Cc1c[nH]c2cc(F)ccc12)Nc1ccc(Cl)c(Cl)c1. The van der Waals surface area contributed by atoms with Crippen molar-refractivity contribution in [3.63, 3.8) is 0 Å². The monoisotopic (exact) mass is 336 g/mol. The number of rotatable bonds is 3. The molecule has 22 heavy (non-hydrogen) atoms. The second kappa shape index (κ2) is 5.99. The lowest BCUT2D eigenvalue weighted by atomic mass is 10.1. The minimum Gasteiger partial charge on any atom is -0.361 e. The average molecular weight is 337 g/mol. The highest BCUT2D eigenvalue weighted by molar-refractivity contribution is 6.42. The number of hydrogen-bond acceptors (Lipinski definition) is 1. The van der Waals surface area contributed by atoms with Gasteiger partial charge in [0.1, 0.15) is 5.82 Å². The third-order valence-corrected chi connectivity index (χ3v) is 4.02. The first-order chi connectivity index (χ1) is 10.5. The normalized spacial score (nSPS) is 10.9. The minimum atomic E-state index is -0.318. The fraction of sp³-hybridized carbons (Fsp3) is 0.0625. The maximum atomic E-state index is 13.1. The van der Waals surface area contributed by atoms with E-state index in [4.69, 9.17) is 23.2 Å². The molecule has 0 fully saturated rings. The van der Waals surface area contributed by atoms with Crippen LogP contribution in [0.4, 0.5) is 10.1 Å². The summed E-state index contributed by atoms with van der Waals surface area (Å²) in [7, 11) is 0. The molecule has 0 radical (unpaired) electrons. The van der Waals surface area contributed by atoms with E-state index in [2.05, 4.69) is 10.3 Å². The van der Waals surface area contributed by atoms with Crippen molar-refractivity contribution < 1.29 is 9.18 Å². The summed E-state index contributed by atoms with van der Waals surface area (Å²) in [5.41, 5.74) is 2.04. The Kier molecular flexibility index (Phi) is 4.05. The zero-order valence-electron chi connectivity index (χ0n) is 11.3. The number of fused-ring (bicyclic) bond motifs is 1. The van der Waals surface area contributed by atoms with Crippen molar-refractivity contribution in [1.82, 2.24) is 4.98 Å². The van der Waals surface area contributed by atoms with Crippen LogP contribution in [0.2, 0.25) is 10.0 Å². The van der Waals surface area contributed by atoms with Crippen LogP contribution in [-0.2, 0) is 11.2 Å². The summed E-state index contributed by atoms with van der Waals surface area (Å²) >= 11 is 11.7. The Hall–Kier alpha value is -2.04. The molecule has 0 aliphatic carbocycles. The van der Waals surface area contributed by atoms with Gasteiger partial charge in [0.05, 0.1) is 16.5 Å². The van der Waals surface area contributed by atoms with Crippen molar-refractivity contribution in [3.8, 4) is 0 Å². The molecule has 2 N–H and O–H groups in total. The predicted octanol–water partition coefficient (Wildman–Crippen LogP) is 4.80. The van der Waals surface area contributed by atoms with Crippen molar-refractivity contribution in [2.45, 2.75) is 6.42 Å². The first-order valence-electron chi connectivity index (χ1n) is 6.53. The highest BCUT2D eigenvalue weighted by Crippen LogP contribution is 2.25. The van der Waals surface area contributed by atoms with E-state index in [-0.39, 0.29) is 18.1 Å². The molecular weight excluding hydrogens is 326 g/mol. The smallest absolute Gasteiger partial charge is 0.228 e. The second-order valence-electron chi connectivity index (χ2n) is 4.86. The molecule has 0 saturated heterocycles. The molecule has 0 atom stereocenters. The van der Waals surface area contributed by atoms with Crippen LogP contribution in [0.5, 0.6) is 0 Å². The number of halogens is 3. The molecule has 0 unspecified atom stereocenters. The Morgan fingerprint density at radius 1 is 1.14 bits per heavy atom. The minimum absolute atomic E-state index is 0.172. The van der Waals surface area contributed by atoms with Gasteiger partial charge in [0, 0.05) is 22.8 Å². The van der Waals surface area contributed by atoms with Crippen LogP contribution in [0.25, 0.3) is 10.9 Å². The average Bonchev–Trinajstić information content (AvgIpc) is 2.85. The van der Waals surface area contributed by atoms with E-state index >= 15 is 0 Å². The number of nitrogens with one attached hydrogen (secondary N) is 2. The van der Waals surface area contributed by atoms with E-state index in [0.29, 0.717) is 21.2 Å². The Labute approximate surface area is 136 Å². The lowest BCUT2D eigenvalue weighted by Crippen LogP contribution is -2.14. The summed E-state index contributed by atoms with van der Waals surface area (Å²) in [4.78, 5) is 15.1. The highest BCUT2D eigenvalue weighted by atomic mass is 35.5. The molecule has 0 spiro atoms. The summed E-state index contributed by atoms with van der Waals surface area (Å²) in [6, 6.07) is 9.31. The number of carbonyl (C=O) groups excluding carboxylic acids is 1. The van der Waals surface area contributed by atoms with Gasteiger partial charge in [-0.05, 0) is 42.0 Å². The molecule has 3 rings (SSSR count). The number of hydrogen-bond donors (Lipinski definition) is 2. The van der Waals surface area contributed by atoms with Crippen molar-refractivity contribution in [1.29, 1.82) is 0 Å². The van der Waals surface area contributed by atoms with Crippen LogP contribution in [0.3, 0.4) is 0 Å². The number of amides is 1. The molecule has 1 aromatic heterocycles. The van der Waals surface area contributed by atoms with Crippen molar-refractivity contribution >= 4 is 45.7 Å². The van der Waals surface area contributed by atoms with Crippen LogP contribution >= 0.6 is 23.2 Å². The first-order valence-corrected chi connectivity index (χ1v) is 7.29. The number of aromatic nitrogens is 1. The summed E-state index contributed by atoms with van der Waals surface area (Å²) in [6.07, 6.45) is 1.88. The Morgan fingerprint density at radius 3 is 2.73 bits per heavy atom. The van der Waals surface area contributed by atoms with Crippen molar-refractivity contribution in [2.24, 2.45) is 0 Å². The summed E-state index contributed by atoms with van der Waals surface area (Å²) in [5.74, 6) is -0.509. The van der Waals surface area contributed by atoms with Gasteiger partial charge < -0.3 is 10.3 Å². The van der Waals surface area contributed by atoms with Gasteiger partial charge >= 0.3 is 0 Å². The number of benzene rings is 2. The molecule has 0 saturated carbocycles. The first kappa shape index (κ1) is 14.9. The predicted molar refractivity (Wildman–Crippen MR) is 87.1 cm³/mol. The molecule has 6 heteroatoms. The molecule has 1 amide bonds. The molecule has 0 aliphatic heterocycles.